The molecule has 0 bridgehead atoms. The highest BCUT2D eigenvalue weighted by atomic mass is 32.2. The zero-order valence-electron chi connectivity index (χ0n) is 14.7. The molecule has 0 N–H and O–H groups in total. The molecule has 0 aliphatic heterocycles. The molecule has 2 aromatic carbocycles. The Labute approximate surface area is 150 Å². The molecule has 0 atom stereocenters. The highest BCUT2D eigenvalue weighted by Gasteiger charge is 2.12. The average molecular weight is 345 g/mol. The first-order valence-corrected chi connectivity index (χ1v) is 9.71. The van der Waals surface area contributed by atoms with E-state index in [1.807, 2.05) is 6.07 Å². The van der Waals surface area contributed by atoms with Crippen LogP contribution in [0.4, 0.5) is 0 Å². The van der Waals surface area contributed by atoms with Crippen molar-refractivity contribution >= 4 is 11.8 Å². The summed E-state index contributed by atoms with van der Waals surface area (Å²) in [5, 5.41) is 0. The molecular weight excluding hydrogens is 316 g/mol. The predicted molar refractivity (Wildman–Crippen MR) is 101 cm³/mol. The lowest BCUT2D eigenvalue weighted by molar-refractivity contribution is -0.148. The van der Waals surface area contributed by atoms with Crippen molar-refractivity contribution in [1.82, 2.24) is 0 Å². The summed E-state index contributed by atoms with van der Waals surface area (Å²) in [6.45, 7) is 5.83. The van der Waals surface area contributed by atoms with Gasteiger partial charge in [0.1, 0.15) is 0 Å². The van der Waals surface area contributed by atoms with Gasteiger partial charge in [-0.2, -0.15) is 0 Å². The van der Waals surface area contributed by atoms with Crippen LogP contribution in [0.5, 0.6) is 0 Å². The minimum atomic E-state index is -0.251. The van der Waals surface area contributed by atoms with Gasteiger partial charge in [-0.15, -0.1) is 0 Å². The maximum absolute atomic E-state index is 5.94. The van der Waals surface area contributed by atoms with E-state index in [1.54, 1.807) is 11.8 Å². The second kappa shape index (κ2) is 11.3. The monoisotopic (exact) mass is 344 g/mol. The van der Waals surface area contributed by atoms with Crippen LogP contribution in [0, 0.1) is 0 Å². The molecule has 0 aliphatic rings. The first-order valence-electron chi connectivity index (χ1n) is 8.89. The lowest BCUT2D eigenvalue weighted by Gasteiger charge is -2.19. The van der Waals surface area contributed by atoms with Gasteiger partial charge < -0.3 is 9.47 Å². The molecule has 0 fully saturated rings. The van der Waals surface area contributed by atoms with Crippen LogP contribution in [0.2, 0.25) is 0 Å². The zero-order valence-corrected chi connectivity index (χ0v) is 15.6. The quantitative estimate of drug-likeness (QED) is 0.344. The lowest BCUT2D eigenvalue weighted by Crippen LogP contribution is -2.11. The Morgan fingerprint density at radius 3 is 1.83 bits per heavy atom. The van der Waals surface area contributed by atoms with Crippen molar-refractivity contribution in [3.8, 4) is 0 Å². The van der Waals surface area contributed by atoms with Crippen molar-refractivity contribution < 1.29 is 9.47 Å². The summed E-state index contributed by atoms with van der Waals surface area (Å²) in [6, 6.07) is 19.0. The summed E-state index contributed by atoms with van der Waals surface area (Å²) < 4.78 is 11.9. The van der Waals surface area contributed by atoms with Crippen LogP contribution >= 0.6 is 11.8 Å². The van der Waals surface area contributed by atoms with E-state index in [0.29, 0.717) is 0 Å². The third-order valence-corrected chi connectivity index (χ3v) is 4.68. The van der Waals surface area contributed by atoms with Crippen molar-refractivity contribution in [2.24, 2.45) is 0 Å². The second-order valence-electron chi connectivity index (χ2n) is 5.76. The Bertz CT molecular complexity index is 544. The van der Waals surface area contributed by atoms with Crippen molar-refractivity contribution in [1.29, 1.82) is 0 Å². The van der Waals surface area contributed by atoms with E-state index in [9.17, 15) is 0 Å². The fourth-order valence-corrected chi connectivity index (χ4v) is 3.07. The number of unbranched alkanes of at least 4 members (excludes halogenated alkanes) is 2. The van der Waals surface area contributed by atoms with Gasteiger partial charge in [-0.25, -0.2) is 0 Å². The summed E-state index contributed by atoms with van der Waals surface area (Å²) in [5.74, 6) is 0. The first kappa shape index (κ1) is 19.0. The van der Waals surface area contributed by atoms with Crippen LogP contribution < -0.4 is 0 Å². The Hall–Kier alpha value is -1.29. The Morgan fingerprint density at radius 2 is 1.29 bits per heavy atom. The maximum atomic E-state index is 5.94. The number of rotatable bonds is 11. The van der Waals surface area contributed by atoms with Gasteiger partial charge in [-0.05, 0) is 37.1 Å². The molecule has 2 rings (SSSR count). The Kier molecular flexibility index (Phi) is 8.96. The topological polar surface area (TPSA) is 18.5 Å². The number of hydrogen-bond donors (Lipinski definition) is 0. The molecule has 0 spiro atoms. The van der Waals surface area contributed by atoms with Crippen molar-refractivity contribution in [3.63, 3.8) is 0 Å². The van der Waals surface area contributed by atoms with Gasteiger partial charge >= 0.3 is 0 Å². The molecule has 0 heterocycles. The van der Waals surface area contributed by atoms with Crippen LogP contribution in [-0.2, 0) is 9.47 Å². The molecule has 0 radical (unpaired) electrons. The smallest absolute Gasteiger partial charge is 0.183 e. The zero-order chi connectivity index (χ0) is 17.0. The first-order chi connectivity index (χ1) is 11.8. The third kappa shape index (κ3) is 6.68. The largest absolute Gasteiger partial charge is 0.348 e. The highest BCUT2D eigenvalue weighted by molar-refractivity contribution is 7.99. The maximum Gasteiger partial charge on any atom is 0.183 e. The van der Waals surface area contributed by atoms with Gasteiger partial charge in [0.15, 0.2) is 6.29 Å². The Morgan fingerprint density at radius 1 is 0.750 bits per heavy atom. The molecule has 0 amide bonds. The van der Waals surface area contributed by atoms with Crippen molar-refractivity contribution in [2.45, 2.75) is 55.6 Å². The summed E-state index contributed by atoms with van der Waals surface area (Å²) in [6.07, 6.45) is 4.15. The molecule has 0 saturated heterocycles. The van der Waals surface area contributed by atoms with E-state index in [0.717, 1.165) is 44.5 Å². The van der Waals surface area contributed by atoms with Gasteiger partial charge in [-0.1, -0.05) is 68.8 Å². The lowest BCUT2D eigenvalue weighted by atomic mass is 10.2. The van der Waals surface area contributed by atoms with Crippen LogP contribution in [0.25, 0.3) is 0 Å². The third-order valence-electron chi connectivity index (χ3n) is 3.67. The Balaban J connectivity index is 1.97. The summed E-state index contributed by atoms with van der Waals surface area (Å²) in [7, 11) is 0. The van der Waals surface area contributed by atoms with Gasteiger partial charge in [0.25, 0.3) is 0 Å². The van der Waals surface area contributed by atoms with Crippen LogP contribution in [0.3, 0.4) is 0 Å². The van der Waals surface area contributed by atoms with E-state index in [2.05, 4.69) is 62.4 Å². The second-order valence-corrected chi connectivity index (χ2v) is 6.91. The van der Waals surface area contributed by atoms with Crippen LogP contribution in [0.1, 0.15) is 51.4 Å². The number of benzene rings is 2. The van der Waals surface area contributed by atoms with Gasteiger partial charge in [0.2, 0.25) is 0 Å². The van der Waals surface area contributed by atoms with Crippen LogP contribution in [-0.4, -0.2) is 13.2 Å². The molecule has 2 nitrogen and oxygen atoms in total. The van der Waals surface area contributed by atoms with E-state index < -0.39 is 0 Å². The van der Waals surface area contributed by atoms with Gasteiger partial charge in [0.05, 0.1) is 13.2 Å². The van der Waals surface area contributed by atoms with E-state index in [1.165, 1.54) is 9.79 Å². The van der Waals surface area contributed by atoms with E-state index >= 15 is 0 Å². The summed E-state index contributed by atoms with van der Waals surface area (Å²) in [4.78, 5) is 2.48. The molecular formula is C21H28O2S. The minimum Gasteiger partial charge on any atom is -0.348 e. The summed E-state index contributed by atoms with van der Waals surface area (Å²) in [5.41, 5.74) is 1.10. The van der Waals surface area contributed by atoms with E-state index in [4.69, 9.17) is 9.47 Å². The molecule has 24 heavy (non-hydrogen) atoms. The van der Waals surface area contributed by atoms with Gasteiger partial charge in [-0.3, -0.25) is 0 Å². The number of hydrogen-bond acceptors (Lipinski definition) is 3. The molecule has 2 aromatic rings. The predicted octanol–water partition coefficient (Wildman–Crippen LogP) is 6.47. The molecule has 0 unspecified atom stereocenters. The van der Waals surface area contributed by atoms with Gasteiger partial charge in [0, 0.05) is 15.4 Å². The fraction of sp³-hybridized carbons (Fsp3) is 0.429. The SMILES string of the molecule is CCCCOC(OCCCC)c1ccc(Sc2ccccc2)cc1. The molecule has 130 valence electrons. The highest BCUT2D eigenvalue weighted by Crippen LogP contribution is 2.29. The minimum absolute atomic E-state index is 0.251. The van der Waals surface area contributed by atoms with Crippen LogP contribution in [0.15, 0.2) is 64.4 Å². The average Bonchev–Trinajstić information content (AvgIpc) is 2.62. The van der Waals surface area contributed by atoms with Crippen molar-refractivity contribution in [2.75, 3.05) is 13.2 Å². The molecule has 0 aliphatic carbocycles. The van der Waals surface area contributed by atoms with E-state index in [-0.39, 0.29) is 6.29 Å². The fourth-order valence-electron chi connectivity index (χ4n) is 2.23. The summed E-state index contributed by atoms with van der Waals surface area (Å²) >= 11 is 1.77. The molecule has 0 saturated carbocycles. The van der Waals surface area contributed by atoms with Crippen molar-refractivity contribution in [3.05, 3.63) is 60.2 Å². The normalized spacial score (nSPS) is 11.1. The standard InChI is InChI=1S/C21H28O2S/c1-3-5-16-22-21(23-17-6-4-2)18-12-14-20(15-13-18)24-19-10-8-7-9-11-19/h7-15,21H,3-6,16-17H2,1-2H3. The number of ether oxygens (including phenoxy) is 2. The molecule has 3 heteroatoms. The molecule has 0 aromatic heterocycles.